The van der Waals surface area contributed by atoms with Gasteiger partial charge < -0.3 is 9.64 Å². The second-order valence-corrected chi connectivity index (χ2v) is 7.90. The number of rotatable bonds is 8. The molecule has 12 heteroatoms. The van der Waals surface area contributed by atoms with Crippen molar-refractivity contribution in [1.82, 2.24) is 24.6 Å². The minimum absolute atomic E-state index is 0.0723. The van der Waals surface area contributed by atoms with Crippen molar-refractivity contribution in [2.24, 2.45) is 0 Å². The number of hydrogen-bond acceptors (Lipinski definition) is 5. The van der Waals surface area contributed by atoms with Crippen LogP contribution in [-0.4, -0.2) is 49.3 Å². The Morgan fingerprint density at radius 1 is 1.06 bits per heavy atom. The quantitative estimate of drug-likeness (QED) is 0.444. The lowest BCUT2D eigenvalue weighted by Gasteiger charge is -2.16. The van der Waals surface area contributed by atoms with E-state index in [4.69, 9.17) is 4.74 Å². The van der Waals surface area contributed by atoms with Crippen molar-refractivity contribution in [2.75, 3.05) is 6.61 Å². The molecule has 1 amide bonds. The topological polar surface area (TPSA) is 73.1 Å². The summed E-state index contributed by atoms with van der Waals surface area (Å²) in [5, 5.41) is 3.73. The van der Waals surface area contributed by atoms with E-state index in [-0.39, 0.29) is 24.5 Å². The molecule has 0 spiro atoms. The summed E-state index contributed by atoms with van der Waals surface area (Å²) in [7, 11) is 0. The minimum atomic E-state index is -4.36. The molecule has 2 aromatic heterocycles. The highest BCUT2D eigenvalue weighted by Crippen LogP contribution is 2.30. The van der Waals surface area contributed by atoms with Gasteiger partial charge in [0.05, 0.1) is 18.4 Å². The van der Waals surface area contributed by atoms with Gasteiger partial charge in [0.25, 0.3) is 11.8 Å². The number of alkyl halides is 5. The summed E-state index contributed by atoms with van der Waals surface area (Å²) < 4.78 is 70.7. The van der Waals surface area contributed by atoms with Crippen molar-refractivity contribution in [3.05, 3.63) is 59.8 Å². The second kappa shape index (κ2) is 8.99. The van der Waals surface area contributed by atoms with Gasteiger partial charge in [-0.15, -0.1) is 0 Å². The highest BCUT2D eigenvalue weighted by Gasteiger charge is 2.35. The minimum Gasteiger partial charge on any atom is -0.471 e. The third-order valence-corrected chi connectivity index (χ3v) is 5.31. The summed E-state index contributed by atoms with van der Waals surface area (Å²) in [5.41, 5.74) is 2.43. The molecule has 0 unspecified atom stereocenters. The number of hydrogen-bond donors (Lipinski definition) is 0. The average molecular weight is 481 g/mol. The van der Waals surface area contributed by atoms with E-state index in [0.717, 1.165) is 10.2 Å². The maximum atomic E-state index is 13.6. The molecule has 0 saturated heterocycles. The van der Waals surface area contributed by atoms with Crippen LogP contribution in [0.15, 0.2) is 43.0 Å². The van der Waals surface area contributed by atoms with Gasteiger partial charge in [0.1, 0.15) is 18.4 Å². The highest BCUT2D eigenvalue weighted by atomic mass is 19.4. The first-order valence-electron chi connectivity index (χ1n) is 10.4. The number of carbonyl (C=O) groups excluding carboxylic acids is 1. The van der Waals surface area contributed by atoms with E-state index in [1.165, 1.54) is 30.5 Å². The Hall–Kier alpha value is -3.57. The number of fused-ring (bicyclic) bond motifs is 1. The SMILES string of the molecule is CCC(F)(F)COc1ncnc2c1C(=O)N(Cc1ccc(-c3cnn(CC(F)(F)F)c3)cc1)C2. The van der Waals surface area contributed by atoms with E-state index >= 15 is 0 Å². The number of nitrogens with zero attached hydrogens (tertiary/aromatic N) is 5. The molecule has 180 valence electrons. The summed E-state index contributed by atoms with van der Waals surface area (Å²) in [6, 6.07) is 6.94. The smallest absolute Gasteiger partial charge is 0.408 e. The van der Waals surface area contributed by atoms with Crippen LogP contribution >= 0.6 is 0 Å². The van der Waals surface area contributed by atoms with Crippen LogP contribution in [-0.2, 0) is 19.6 Å². The van der Waals surface area contributed by atoms with Gasteiger partial charge in [0, 0.05) is 24.7 Å². The van der Waals surface area contributed by atoms with E-state index < -0.39 is 37.6 Å². The molecule has 1 aromatic carbocycles. The first kappa shape index (κ1) is 23.6. The molecular weight excluding hydrogens is 461 g/mol. The van der Waals surface area contributed by atoms with E-state index in [1.807, 2.05) is 0 Å². The van der Waals surface area contributed by atoms with Crippen molar-refractivity contribution in [2.45, 2.75) is 45.1 Å². The Bertz CT molecular complexity index is 1180. The standard InChI is InChI=1S/C22H20F5N5O2/c1-2-21(23,24)12-34-19-18-17(28-13-29-19)10-31(20(18)33)8-14-3-5-15(6-4-14)16-7-30-32(9-16)11-22(25,26)27/h3-7,9,13H,2,8,10-12H2,1H3. The van der Waals surface area contributed by atoms with Gasteiger partial charge in [-0.1, -0.05) is 31.2 Å². The molecule has 1 aliphatic rings. The predicted octanol–water partition coefficient (Wildman–Crippen LogP) is 4.48. The maximum Gasteiger partial charge on any atom is 0.408 e. The van der Waals surface area contributed by atoms with Crippen molar-refractivity contribution in [1.29, 1.82) is 0 Å². The van der Waals surface area contributed by atoms with E-state index in [0.29, 0.717) is 16.8 Å². The molecule has 4 rings (SSSR count). The van der Waals surface area contributed by atoms with Crippen LogP contribution < -0.4 is 4.74 Å². The lowest BCUT2D eigenvalue weighted by Crippen LogP contribution is -2.26. The summed E-state index contributed by atoms with van der Waals surface area (Å²) in [6.45, 7) is -0.342. The molecule has 0 saturated carbocycles. The Labute approximate surface area is 191 Å². The molecule has 7 nitrogen and oxygen atoms in total. The van der Waals surface area contributed by atoms with Crippen LogP contribution in [0.5, 0.6) is 5.88 Å². The van der Waals surface area contributed by atoms with Crippen molar-refractivity contribution in [3.8, 4) is 17.0 Å². The summed E-state index contributed by atoms with van der Waals surface area (Å²) in [6.07, 6.45) is -0.934. The van der Waals surface area contributed by atoms with Gasteiger partial charge in [0.2, 0.25) is 5.88 Å². The molecular formula is C22H20F5N5O2. The lowest BCUT2D eigenvalue weighted by molar-refractivity contribution is -0.142. The van der Waals surface area contributed by atoms with E-state index in [1.54, 1.807) is 24.3 Å². The molecule has 0 aliphatic carbocycles. The van der Waals surface area contributed by atoms with Crippen LogP contribution in [0.1, 0.15) is 35.0 Å². The van der Waals surface area contributed by atoms with Crippen LogP contribution in [0.3, 0.4) is 0 Å². The van der Waals surface area contributed by atoms with Crippen LogP contribution in [0.4, 0.5) is 22.0 Å². The zero-order valence-electron chi connectivity index (χ0n) is 18.0. The van der Waals surface area contributed by atoms with Gasteiger partial charge in [0.15, 0.2) is 6.61 Å². The van der Waals surface area contributed by atoms with Crippen LogP contribution in [0.25, 0.3) is 11.1 Å². The van der Waals surface area contributed by atoms with Crippen LogP contribution in [0, 0.1) is 0 Å². The summed E-state index contributed by atoms with van der Waals surface area (Å²) >= 11 is 0. The number of ether oxygens (including phenoxy) is 1. The van der Waals surface area contributed by atoms with Gasteiger partial charge in [-0.2, -0.15) is 18.3 Å². The largest absolute Gasteiger partial charge is 0.471 e. The monoisotopic (exact) mass is 481 g/mol. The predicted molar refractivity (Wildman–Crippen MR) is 110 cm³/mol. The van der Waals surface area contributed by atoms with Gasteiger partial charge >= 0.3 is 6.18 Å². The molecule has 0 N–H and O–H groups in total. The number of halogens is 5. The highest BCUT2D eigenvalue weighted by molar-refractivity contribution is 5.99. The molecule has 3 aromatic rings. The molecule has 0 atom stereocenters. The normalized spacial score (nSPS) is 13.9. The zero-order valence-corrected chi connectivity index (χ0v) is 18.0. The maximum absolute atomic E-state index is 13.6. The van der Waals surface area contributed by atoms with Gasteiger partial charge in [-0.25, -0.2) is 18.7 Å². The van der Waals surface area contributed by atoms with Crippen molar-refractivity contribution in [3.63, 3.8) is 0 Å². The molecule has 3 heterocycles. The van der Waals surface area contributed by atoms with Crippen LogP contribution in [0.2, 0.25) is 0 Å². The Morgan fingerprint density at radius 3 is 2.47 bits per heavy atom. The fourth-order valence-electron chi connectivity index (χ4n) is 3.47. The van der Waals surface area contributed by atoms with Gasteiger partial charge in [-0.3, -0.25) is 9.48 Å². The molecule has 34 heavy (non-hydrogen) atoms. The Kier molecular flexibility index (Phi) is 6.24. The first-order valence-corrected chi connectivity index (χ1v) is 10.4. The number of amides is 1. The fourth-order valence-corrected chi connectivity index (χ4v) is 3.47. The Morgan fingerprint density at radius 2 is 1.79 bits per heavy atom. The number of benzene rings is 1. The van der Waals surface area contributed by atoms with Gasteiger partial charge in [-0.05, 0) is 11.1 Å². The van der Waals surface area contributed by atoms with E-state index in [9.17, 15) is 26.7 Å². The fraction of sp³-hybridized carbons (Fsp3) is 0.364. The first-order chi connectivity index (χ1) is 16.0. The van der Waals surface area contributed by atoms with Crippen molar-refractivity contribution < 1.29 is 31.5 Å². The number of carbonyl (C=O) groups is 1. The second-order valence-electron chi connectivity index (χ2n) is 7.90. The third kappa shape index (κ3) is 5.32. The number of aromatic nitrogens is 4. The summed E-state index contributed by atoms with van der Waals surface area (Å²) in [4.78, 5) is 22.3. The summed E-state index contributed by atoms with van der Waals surface area (Å²) in [5.74, 6) is -3.63. The van der Waals surface area contributed by atoms with E-state index in [2.05, 4.69) is 15.1 Å². The zero-order chi connectivity index (χ0) is 24.5. The lowest BCUT2D eigenvalue weighted by atomic mass is 10.1. The third-order valence-electron chi connectivity index (χ3n) is 5.31. The molecule has 0 bridgehead atoms. The molecule has 0 radical (unpaired) electrons. The Balaban J connectivity index is 1.43. The van der Waals surface area contributed by atoms with Crippen molar-refractivity contribution >= 4 is 5.91 Å². The molecule has 1 aliphatic heterocycles. The average Bonchev–Trinajstić information content (AvgIpc) is 3.36. The molecule has 0 fully saturated rings.